The fraction of sp³-hybridized carbons (Fsp3) is 0.273. The number of thiocarbonyl (C=S) groups is 1. The van der Waals surface area contributed by atoms with Crippen LogP contribution >= 0.6 is 12.2 Å². The van der Waals surface area contributed by atoms with Crippen molar-refractivity contribution in [1.29, 1.82) is 0 Å². The number of fused-ring (bicyclic) bond motifs is 1. The molecule has 0 fully saturated rings. The number of benzene rings is 1. The van der Waals surface area contributed by atoms with E-state index in [9.17, 15) is 8.42 Å². The first-order chi connectivity index (χ1) is 8.42. The van der Waals surface area contributed by atoms with Crippen molar-refractivity contribution in [3.63, 3.8) is 0 Å². The summed E-state index contributed by atoms with van der Waals surface area (Å²) in [5.41, 5.74) is 6.06. The number of hydrogen-bond acceptors (Lipinski definition) is 4. The minimum Gasteiger partial charge on any atom is -0.393 e. The third kappa shape index (κ3) is 2.37. The van der Waals surface area contributed by atoms with Gasteiger partial charge in [-0.15, -0.1) is 4.40 Å². The van der Waals surface area contributed by atoms with E-state index in [1.165, 1.54) is 0 Å². The molecule has 96 valence electrons. The minimum absolute atomic E-state index is 0.252. The number of amidine groups is 1. The number of nitrogens with zero attached hydrogens (tertiary/aromatic N) is 2. The molecule has 2 rings (SSSR count). The molecule has 18 heavy (non-hydrogen) atoms. The Balaban J connectivity index is 2.33. The summed E-state index contributed by atoms with van der Waals surface area (Å²) in [6.45, 7) is 0.540. The number of hydrogen-bond donors (Lipinski definition) is 1. The van der Waals surface area contributed by atoms with Gasteiger partial charge < -0.3 is 10.6 Å². The van der Waals surface area contributed by atoms with Gasteiger partial charge in [0, 0.05) is 25.6 Å². The molecule has 1 aliphatic heterocycles. The van der Waals surface area contributed by atoms with Gasteiger partial charge in [0.25, 0.3) is 10.0 Å². The predicted octanol–water partition coefficient (Wildman–Crippen LogP) is 0.743. The van der Waals surface area contributed by atoms with Crippen LogP contribution in [0.2, 0.25) is 0 Å². The van der Waals surface area contributed by atoms with Crippen LogP contribution in [0.3, 0.4) is 0 Å². The fourth-order valence-electron chi connectivity index (χ4n) is 1.75. The summed E-state index contributed by atoms with van der Waals surface area (Å²) in [4.78, 5) is 2.40. The Morgan fingerprint density at radius 2 is 2.11 bits per heavy atom. The molecule has 0 radical (unpaired) electrons. The van der Waals surface area contributed by atoms with Gasteiger partial charge in [0.05, 0.1) is 4.99 Å². The van der Waals surface area contributed by atoms with Crippen molar-refractivity contribution < 1.29 is 8.42 Å². The molecule has 0 aliphatic carbocycles. The van der Waals surface area contributed by atoms with Crippen molar-refractivity contribution in [2.45, 2.75) is 11.3 Å². The summed E-state index contributed by atoms with van der Waals surface area (Å²) < 4.78 is 27.5. The Morgan fingerprint density at radius 3 is 2.78 bits per heavy atom. The van der Waals surface area contributed by atoms with E-state index in [0.717, 1.165) is 0 Å². The lowest BCUT2D eigenvalue weighted by Crippen LogP contribution is -2.29. The van der Waals surface area contributed by atoms with Crippen LogP contribution in [0.4, 0.5) is 0 Å². The molecule has 1 aliphatic rings. The SMILES string of the molecule is CN(CCC(N)=S)C1=NS(=O)(=O)c2ccccc21. The average Bonchev–Trinajstić information content (AvgIpc) is 2.59. The van der Waals surface area contributed by atoms with Crippen molar-refractivity contribution in [2.24, 2.45) is 10.1 Å². The minimum atomic E-state index is -3.56. The molecule has 5 nitrogen and oxygen atoms in total. The number of nitrogens with two attached hydrogens (primary N) is 1. The molecular weight excluding hydrogens is 270 g/mol. The number of sulfonamides is 1. The second-order valence-corrected chi connectivity index (χ2v) is 6.12. The standard InChI is InChI=1S/C11H13N3O2S2/c1-14(7-6-10(12)17)11-8-4-2-3-5-9(8)18(15,16)13-11/h2-5H,6-7H2,1H3,(H2,12,17). The molecule has 0 unspecified atom stereocenters. The Bertz CT molecular complexity index is 623. The van der Waals surface area contributed by atoms with Crippen molar-refractivity contribution in [2.75, 3.05) is 13.6 Å². The van der Waals surface area contributed by atoms with Gasteiger partial charge in [-0.2, -0.15) is 8.42 Å². The highest BCUT2D eigenvalue weighted by atomic mass is 32.2. The zero-order chi connectivity index (χ0) is 13.3. The predicted molar refractivity (Wildman–Crippen MR) is 74.2 cm³/mol. The number of rotatable bonds is 3. The monoisotopic (exact) mass is 283 g/mol. The second-order valence-electron chi connectivity index (χ2n) is 4.02. The molecule has 1 heterocycles. The van der Waals surface area contributed by atoms with Crippen LogP contribution in [0.25, 0.3) is 0 Å². The Kier molecular flexibility index (Phi) is 3.36. The molecule has 7 heteroatoms. The average molecular weight is 283 g/mol. The molecule has 0 atom stereocenters. The normalized spacial score (nSPS) is 15.9. The molecule has 0 saturated heterocycles. The first-order valence-electron chi connectivity index (χ1n) is 5.35. The summed E-state index contributed by atoms with van der Waals surface area (Å²) >= 11 is 4.80. The van der Waals surface area contributed by atoms with E-state index in [0.29, 0.717) is 29.4 Å². The van der Waals surface area contributed by atoms with Crippen LogP contribution in [-0.4, -0.2) is 37.7 Å². The lowest BCUT2D eigenvalue weighted by atomic mass is 10.2. The molecule has 2 N–H and O–H groups in total. The van der Waals surface area contributed by atoms with E-state index in [4.69, 9.17) is 18.0 Å². The second kappa shape index (κ2) is 4.66. The van der Waals surface area contributed by atoms with Gasteiger partial charge in [0.15, 0.2) is 5.84 Å². The highest BCUT2D eigenvalue weighted by Gasteiger charge is 2.30. The largest absolute Gasteiger partial charge is 0.393 e. The van der Waals surface area contributed by atoms with Crippen LogP contribution in [0.1, 0.15) is 12.0 Å². The van der Waals surface area contributed by atoms with Crippen molar-refractivity contribution in [3.05, 3.63) is 29.8 Å². The van der Waals surface area contributed by atoms with E-state index in [1.807, 2.05) is 0 Å². The van der Waals surface area contributed by atoms with Crippen molar-refractivity contribution in [1.82, 2.24) is 4.90 Å². The van der Waals surface area contributed by atoms with Gasteiger partial charge in [-0.1, -0.05) is 24.4 Å². The first kappa shape index (κ1) is 13.0. The molecule has 0 aromatic heterocycles. The van der Waals surface area contributed by atoms with Gasteiger partial charge in [0.1, 0.15) is 4.90 Å². The topological polar surface area (TPSA) is 75.8 Å². The van der Waals surface area contributed by atoms with Crippen LogP contribution in [0.15, 0.2) is 33.6 Å². The summed E-state index contributed by atoms with van der Waals surface area (Å²) in [6.07, 6.45) is 0.521. The van der Waals surface area contributed by atoms with Gasteiger partial charge >= 0.3 is 0 Å². The molecule has 1 aromatic carbocycles. The first-order valence-corrected chi connectivity index (χ1v) is 7.20. The summed E-state index contributed by atoms with van der Waals surface area (Å²) in [7, 11) is -1.78. The molecule has 0 spiro atoms. The van der Waals surface area contributed by atoms with E-state index < -0.39 is 10.0 Å². The quantitative estimate of drug-likeness (QED) is 0.828. The van der Waals surface area contributed by atoms with Gasteiger partial charge in [-0.25, -0.2) is 0 Å². The Labute approximate surface area is 111 Å². The third-order valence-electron chi connectivity index (χ3n) is 2.67. The summed E-state index contributed by atoms with van der Waals surface area (Å²) in [6, 6.07) is 6.78. The zero-order valence-electron chi connectivity index (χ0n) is 9.83. The zero-order valence-corrected chi connectivity index (χ0v) is 11.5. The van der Waals surface area contributed by atoms with E-state index in [1.54, 1.807) is 36.2 Å². The van der Waals surface area contributed by atoms with E-state index in [-0.39, 0.29) is 4.90 Å². The molecular formula is C11H13N3O2S2. The fourth-order valence-corrected chi connectivity index (χ4v) is 3.09. The van der Waals surface area contributed by atoms with Gasteiger partial charge in [-0.05, 0) is 12.1 Å². The van der Waals surface area contributed by atoms with Gasteiger partial charge in [-0.3, -0.25) is 0 Å². The van der Waals surface area contributed by atoms with Crippen LogP contribution in [-0.2, 0) is 10.0 Å². The summed E-state index contributed by atoms with van der Waals surface area (Å²) in [5.74, 6) is 0.446. The van der Waals surface area contributed by atoms with E-state index in [2.05, 4.69) is 4.40 Å². The maximum Gasteiger partial charge on any atom is 0.285 e. The van der Waals surface area contributed by atoms with Crippen molar-refractivity contribution >= 4 is 33.1 Å². The third-order valence-corrected chi connectivity index (χ3v) is 4.20. The maximum absolute atomic E-state index is 11.8. The van der Waals surface area contributed by atoms with Crippen LogP contribution < -0.4 is 5.73 Å². The lowest BCUT2D eigenvalue weighted by molar-refractivity contribution is 0.522. The molecule has 0 amide bonds. The Hall–Kier alpha value is -1.47. The highest BCUT2D eigenvalue weighted by Crippen LogP contribution is 2.26. The van der Waals surface area contributed by atoms with Crippen LogP contribution in [0, 0.1) is 0 Å². The van der Waals surface area contributed by atoms with Gasteiger partial charge in [0.2, 0.25) is 0 Å². The molecule has 0 saturated carbocycles. The summed E-state index contributed by atoms with van der Waals surface area (Å²) in [5, 5.41) is 0. The lowest BCUT2D eigenvalue weighted by Gasteiger charge is -2.18. The van der Waals surface area contributed by atoms with Crippen molar-refractivity contribution in [3.8, 4) is 0 Å². The Morgan fingerprint density at radius 1 is 1.44 bits per heavy atom. The maximum atomic E-state index is 11.8. The molecule has 0 bridgehead atoms. The molecule has 1 aromatic rings. The smallest absolute Gasteiger partial charge is 0.285 e. The highest BCUT2D eigenvalue weighted by molar-refractivity contribution is 7.90. The van der Waals surface area contributed by atoms with E-state index >= 15 is 0 Å². The van der Waals surface area contributed by atoms with Crippen LogP contribution in [0.5, 0.6) is 0 Å².